The number of nitrogens with zero attached hydrogens (tertiary/aromatic N) is 1. The van der Waals surface area contributed by atoms with Crippen LogP contribution in [0.5, 0.6) is 0 Å². The molecule has 0 unspecified atom stereocenters. The number of aryl methyl sites for hydroxylation is 3. The van der Waals surface area contributed by atoms with Gasteiger partial charge in [-0.25, -0.2) is 0 Å². The van der Waals surface area contributed by atoms with Crippen LogP contribution in [-0.2, 0) is 5.41 Å². The van der Waals surface area contributed by atoms with Crippen molar-refractivity contribution in [2.24, 2.45) is 0 Å². The van der Waals surface area contributed by atoms with E-state index >= 15 is 0 Å². The summed E-state index contributed by atoms with van der Waals surface area (Å²) in [5.74, 6) is 0. The first kappa shape index (κ1) is 23.3. The summed E-state index contributed by atoms with van der Waals surface area (Å²) in [7, 11) is 0. The minimum Gasteiger partial charge on any atom is -0.310 e. The van der Waals surface area contributed by atoms with Gasteiger partial charge in [-0.3, -0.25) is 0 Å². The van der Waals surface area contributed by atoms with Gasteiger partial charge in [-0.15, -0.1) is 0 Å². The molecule has 0 saturated carbocycles. The van der Waals surface area contributed by atoms with E-state index in [9.17, 15) is 0 Å². The Morgan fingerprint density at radius 1 is 0.459 bits per heavy atom. The van der Waals surface area contributed by atoms with Crippen molar-refractivity contribution in [2.75, 3.05) is 4.90 Å². The van der Waals surface area contributed by atoms with Crippen molar-refractivity contribution >= 4 is 17.1 Å². The fraction of sp³-hybridized carbons (Fsp3) is 0.167. The average molecular weight is 480 g/mol. The van der Waals surface area contributed by atoms with Gasteiger partial charge in [-0.2, -0.15) is 0 Å². The number of fused-ring (bicyclic) bond motifs is 3. The van der Waals surface area contributed by atoms with E-state index in [1.165, 1.54) is 61.4 Å². The van der Waals surface area contributed by atoms with Crippen LogP contribution in [0.15, 0.2) is 109 Å². The quantitative estimate of drug-likeness (QED) is 0.248. The lowest BCUT2D eigenvalue weighted by Gasteiger charge is -2.29. The van der Waals surface area contributed by atoms with Crippen LogP contribution in [0.4, 0.5) is 17.1 Å². The van der Waals surface area contributed by atoms with Crippen LogP contribution in [-0.4, -0.2) is 0 Å². The van der Waals surface area contributed by atoms with Gasteiger partial charge in [0.05, 0.1) is 0 Å². The van der Waals surface area contributed by atoms with Gasteiger partial charge in [0.15, 0.2) is 0 Å². The summed E-state index contributed by atoms with van der Waals surface area (Å²) in [6.07, 6.45) is 0. The lowest BCUT2D eigenvalue weighted by molar-refractivity contribution is 0.660. The molecule has 5 aromatic rings. The highest BCUT2D eigenvalue weighted by molar-refractivity contribution is 5.86. The maximum absolute atomic E-state index is 2.40. The van der Waals surface area contributed by atoms with Gasteiger partial charge in [-0.05, 0) is 102 Å². The summed E-state index contributed by atoms with van der Waals surface area (Å²) in [4.78, 5) is 2.40. The molecule has 182 valence electrons. The Kier molecular flexibility index (Phi) is 5.53. The Labute approximate surface area is 221 Å². The standard InChI is InChI=1S/C36H33N/c1-24-10-12-27(13-11-24)28-14-16-29(17-15-28)37(31-21-25(2)20-26(3)22-31)30-18-19-33-32-8-6-7-9-34(32)36(4,5)35(33)23-30/h6-23H,1-5H3. The molecule has 0 heterocycles. The summed E-state index contributed by atoms with van der Waals surface area (Å²) < 4.78 is 0. The number of hydrogen-bond acceptors (Lipinski definition) is 1. The highest BCUT2D eigenvalue weighted by Crippen LogP contribution is 2.50. The molecule has 0 fully saturated rings. The molecule has 1 aliphatic carbocycles. The zero-order chi connectivity index (χ0) is 25.7. The van der Waals surface area contributed by atoms with Crippen LogP contribution in [0.25, 0.3) is 22.3 Å². The molecule has 0 saturated heterocycles. The van der Waals surface area contributed by atoms with Crippen molar-refractivity contribution < 1.29 is 0 Å². The molecule has 0 aromatic heterocycles. The van der Waals surface area contributed by atoms with Crippen molar-refractivity contribution in [2.45, 2.75) is 40.0 Å². The van der Waals surface area contributed by atoms with Gasteiger partial charge in [0.25, 0.3) is 0 Å². The van der Waals surface area contributed by atoms with Gasteiger partial charge in [-0.1, -0.05) is 92.2 Å². The predicted molar refractivity (Wildman–Crippen MR) is 158 cm³/mol. The molecule has 1 heteroatoms. The first-order valence-corrected chi connectivity index (χ1v) is 13.1. The highest BCUT2D eigenvalue weighted by atomic mass is 15.1. The third-order valence-corrected chi connectivity index (χ3v) is 7.80. The van der Waals surface area contributed by atoms with Gasteiger partial charge >= 0.3 is 0 Å². The second-order valence-electron chi connectivity index (χ2n) is 11.0. The molecule has 0 spiro atoms. The lowest BCUT2D eigenvalue weighted by Crippen LogP contribution is -2.16. The highest BCUT2D eigenvalue weighted by Gasteiger charge is 2.35. The van der Waals surface area contributed by atoms with Crippen LogP contribution in [0.3, 0.4) is 0 Å². The van der Waals surface area contributed by atoms with E-state index in [0.717, 1.165) is 5.69 Å². The summed E-state index contributed by atoms with van der Waals surface area (Å²) in [6.45, 7) is 11.2. The minimum atomic E-state index is -0.0363. The van der Waals surface area contributed by atoms with E-state index in [-0.39, 0.29) is 5.41 Å². The summed E-state index contributed by atoms with van der Waals surface area (Å²) >= 11 is 0. The number of anilines is 3. The Bertz CT molecular complexity index is 1580. The maximum Gasteiger partial charge on any atom is 0.0466 e. The number of benzene rings is 5. The van der Waals surface area contributed by atoms with E-state index in [1.807, 2.05) is 0 Å². The number of hydrogen-bond donors (Lipinski definition) is 0. The lowest BCUT2D eigenvalue weighted by atomic mass is 9.82. The Hall–Kier alpha value is -4.10. The largest absolute Gasteiger partial charge is 0.310 e. The monoisotopic (exact) mass is 479 g/mol. The third kappa shape index (κ3) is 4.05. The number of rotatable bonds is 4. The van der Waals surface area contributed by atoms with Crippen LogP contribution in [0, 0.1) is 20.8 Å². The van der Waals surface area contributed by atoms with Gasteiger partial charge in [0.2, 0.25) is 0 Å². The van der Waals surface area contributed by atoms with Crippen molar-refractivity contribution in [1.82, 2.24) is 0 Å². The maximum atomic E-state index is 2.40. The van der Waals surface area contributed by atoms with Crippen molar-refractivity contribution in [1.29, 1.82) is 0 Å². The molecule has 5 aromatic carbocycles. The third-order valence-electron chi connectivity index (χ3n) is 7.80. The zero-order valence-corrected chi connectivity index (χ0v) is 22.3. The molecule has 0 bridgehead atoms. The minimum absolute atomic E-state index is 0.0363. The zero-order valence-electron chi connectivity index (χ0n) is 22.3. The van der Waals surface area contributed by atoms with Crippen LogP contribution >= 0.6 is 0 Å². The fourth-order valence-corrected chi connectivity index (χ4v) is 5.91. The second-order valence-corrected chi connectivity index (χ2v) is 11.0. The van der Waals surface area contributed by atoms with E-state index in [1.54, 1.807) is 0 Å². The smallest absolute Gasteiger partial charge is 0.0466 e. The molecule has 0 aliphatic heterocycles. The van der Waals surface area contributed by atoms with Crippen LogP contribution in [0.1, 0.15) is 41.7 Å². The second kappa shape index (κ2) is 8.78. The van der Waals surface area contributed by atoms with Crippen molar-refractivity contribution in [3.63, 3.8) is 0 Å². The predicted octanol–water partition coefficient (Wildman–Crippen LogP) is 10.1. The topological polar surface area (TPSA) is 3.24 Å². The van der Waals surface area contributed by atoms with Crippen molar-refractivity contribution in [3.05, 3.63) is 137 Å². The Morgan fingerprint density at radius 3 is 1.70 bits per heavy atom. The molecule has 0 amide bonds. The first-order chi connectivity index (χ1) is 17.8. The molecular weight excluding hydrogens is 446 g/mol. The van der Waals surface area contributed by atoms with Crippen molar-refractivity contribution in [3.8, 4) is 22.3 Å². The SMILES string of the molecule is Cc1ccc(-c2ccc(N(c3cc(C)cc(C)c3)c3ccc4c(c3)C(C)(C)c3ccccc3-4)cc2)cc1. The molecule has 0 N–H and O–H groups in total. The first-order valence-electron chi connectivity index (χ1n) is 13.1. The van der Waals surface area contributed by atoms with Crippen LogP contribution in [0.2, 0.25) is 0 Å². The molecule has 1 nitrogen and oxygen atoms in total. The molecule has 37 heavy (non-hydrogen) atoms. The fourth-order valence-electron chi connectivity index (χ4n) is 5.91. The molecule has 0 atom stereocenters. The summed E-state index contributed by atoms with van der Waals surface area (Å²) in [5, 5.41) is 0. The summed E-state index contributed by atoms with van der Waals surface area (Å²) in [6, 6.07) is 40.4. The van der Waals surface area contributed by atoms with E-state index < -0.39 is 0 Å². The Morgan fingerprint density at radius 2 is 1.03 bits per heavy atom. The normalized spacial score (nSPS) is 13.2. The molecule has 0 radical (unpaired) electrons. The summed E-state index contributed by atoms with van der Waals surface area (Å²) in [5.41, 5.74) is 15.3. The molecule has 6 rings (SSSR count). The average Bonchev–Trinajstić information content (AvgIpc) is 3.11. The van der Waals surface area contributed by atoms with E-state index in [4.69, 9.17) is 0 Å². The van der Waals surface area contributed by atoms with E-state index in [0.29, 0.717) is 0 Å². The van der Waals surface area contributed by atoms with E-state index in [2.05, 4.69) is 149 Å². The van der Waals surface area contributed by atoms with Crippen LogP contribution < -0.4 is 4.90 Å². The van der Waals surface area contributed by atoms with Gasteiger partial charge in [0, 0.05) is 22.5 Å². The van der Waals surface area contributed by atoms with Gasteiger partial charge < -0.3 is 4.90 Å². The molecule has 1 aliphatic rings. The molecular formula is C36H33N. The Balaban J connectivity index is 1.49. The van der Waals surface area contributed by atoms with Gasteiger partial charge in [0.1, 0.15) is 0 Å².